The third-order valence-electron chi connectivity index (χ3n) is 12.3. The van der Waals surface area contributed by atoms with E-state index in [-0.39, 0.29) is 19.1 Å². The number of nitrogens with one attached hydrogen (secondary N) is 1. The highest BCUT2D eigenvalue weighted by Gasteiger charge is 2.27. The lowest BCUT2D eigenvalue weighted by atomic mass is 10.0. The first kappa shape index (κ1) is 60.2. The average Bonchev–Trinajstić information content (AvgIpc) is 3.21. The average molecular weight is 886 g/mol. The molecule has 0 heterocycles. The second kappa shape index (κ2) is 44.4. The smallest absolute Gasteiger partial charge is 0.387 e. The van der Waals surface area contributed by atoms with Crippen molar-refractivity contribution in [3.8, 4) is 0 Å². The van der Waals surface area contributed by atoms with Crippen LogP contribution in [0.4, 0.5) is 0 Å². The molecule has 0 aliphatic heterocycles. The second-order valence-corrected chi connectivity index (χ2v) is 21.1. The number of quaternary nitrogens is 1. The Bertz CT molecular complexity index is 1000. The molecule has 0 saturated heterocycles. The van der Waals surface area contributed by atoms with Crippen LogP contribution >= 0.6 is 7.82 Å². The monoisotopic (exact) mass is 886 g/mol. The fourth-order valence-electron chi connectivity index (χ4n) is 8.04. The molecule has 0 radical (unpaired) electrons. The van der Waals surface area contributed by atoms with E-state index in [2.05, 4.69) is 19.2 Å². The Kier molecular flexibility index (Phi) is 43.9. The summed E-state index contributed by atoms with van der Waals surface area (Å²) in [4.78, 5) is 23.2. The summed E-state index contributed by atoms with van der Waals surface area (Å²) in [5, 5.41) is 13.9. The molecule has 364 valence electrons. The molecule has 0 saturated carbocycles. The number of carbonyl (C=O) groups excluding carboxylic acids is 1. The van der Waals surface area contributed by atoms with Gasteiger partial charge in [0.15, 0.2) is 0 Å². The number of aliphatic hydroxyl groups is 1. The van der Waals surface area contributed by atoms with E-state index in [1.54, 1.807) is 6.08 Å². The molecule has 0 spiro atoms. The van der Waals surface area contributed by atoms with Gasteiger partial charge in [-0.3, -0.25) is 13.8 Å². The third kappa shape index (κ3) is 47.0. The summed E-state index contributed by atoms with van der Waals surface area (Å²) < 4.78 is 23.6. The Morgan fingerprint density at radius 3 is 1.21 bits per heavy atom. The lowest BCUT2D eigenvalue weighted by Crippen LogP contribution is -2.45. The van der Waals surface area contributed by atoms with Crippen LogP contribution in [0.15, 0.2) is 12.2 Å². The molecule has 0 rings (SSSR count). The first-order chi connectivity index (χ1) is 29.5. The van der Waals surface area contributed by atoms with E-state index in [4.69, 9.17) is 9.05 Å². The summed E-state index contributed by atoms with van der Waals surface area (Å²) >= 11 is 0. The predicted molar refractivity (Wildman–Crippen MR) is 263 cm³/mol. The number of aliphatic hydroxyl groups excluding tert-OH is 1. The molecule has 9 heteroatoms. The van der Waals surface area contributed by atoms with Crippen molar-refractivity contribution in [1.82, 2.24) is 5.32 Å². The number of amides is 1. The minimum atomic E-state index is -4.33. The van der Waals surface area contributed by atoms with Crippen LogP contribution < -0.4 is 5.32 Å². The van der Waals surface area contributed by atoms with Crippen molar-refractivity contribution in [2.75, 3.05) is 40.9 Å². The molecule has 3 unspecified atom stereocenters. The highest BCUT2D eigenvalue weighted by molar-refractivity contribution is 7.47. The summed E-state index contributed by atoms with van der Waals surface area (Å²) in [7, 11) is 1.59. The van der Waals surface area contributed by atoms with E-state index < -0.39 is 20.0 Å². The summed E-state index contributed by atoms with van der Waals surface area (Å²) in [6.45, 7) is 4.84. The van der Waals surface area contributed by atoms with E-state index in [0.29, 0.717) is 17.4 Å². The fraction of sp³-hybridized carbons (Fsp3) is 0.942. The van der Waals surface area contributed by atoms with Crippen LogP contribution in [0.5, 0.6) is 0 Å². The van der Waals surface area contributed by atoms with Gasteiger partial charge in [0.25, 0.3) is 0 Å². The third-order valence-corrected chi connectivity index (χ3v) is 13.2. The molecule has 0 aromatic carbocycles. The summed E-state index contributed by atoms with van der Waals surface area (Å²) in [5.41, 5.74) is 0. The van der Waals surface area contributed by atoms with Crippen molar-refractivity contribution in [3.63, 3.8) is 0 Å². The maximum absolute atomic E-state index is 12.9. The first-order valence-corrected chi connectivity index (χ1v) is 28.1. The van der Waals surface area contributed by atoms with Crippen LogP contribution in [0, 0.1) is 0 Å². The highest BCUT2D eigenvalue weighted by atomic mass is 31.2. The highest BCUT2D eigenvalue weighted by Crippen LogP contribution is 2.43. The van der Waals surface area contributed by atoms with Crippen molar-refractivity contribution in [3.05, 3.63) is 12.2 Å². The van der Waals surface area contributed by atoms with Gasteiger partial charge in [0, 0.05) is 6.42 Å². The largest absolute Gasteiger partial charge is 0.472 e. The normalized spacial score (nSPS) is 14.1. The van der Waals surface area contributed by atoms with Gasteiger partial charge in [-0.2, -0.15) is 0 Å². The Morgan fingerprint density at radius 1 is 0.541 bits per heavy atom. The minimum absolute atomic E-state index is 0.0648. The summed E-state index contributed by atoms with van der Waals surface area (Å²) in [5.74, 6) is -0.174. The first-order valence-electron chi connectivity index (χ1n) is 26.6. The van der Waals surface area contributed by atoms with Crippen LogP contribution in [0.25, 0.3) is 0 Å². The lowest BCUT2D eigenvalue weighted by molar-refractivity contribution is -0.870. The van der Waals surface area contributed by atoms with E-state index in [9.17, 15) is 19.4 Å². The van der Waals surface area contributed by atoms with Gasteiger partial charge in [0.05, 0.1) is 39.9 Å². The van der Waals surface area contributed by atoms with Gasteiger partial charge >= 0.3 is 7.82 Å². The standard InChI is InChI=1S/C52H105N2O6P/c1-6-8-10-12-14-16-18-20-21-22-23-24-25-26-27-28-29-30-31-32-33-34-35-37-39-41-43-45-51(55)50(49-60-61(57,58)59-48-47-54(3,4)5)53-52(56)46-44-42-40-38-36-19-17-15-13-11-9-7-2/h43,45,50-51,55H,6-42,44,46-49H2,1-5H3,(H-,53,56,57,58)/p+1/b45-43+. The van der Waals surface area contributed by atoms with Crippen molar-refractivity contribution in [2.24, 2.45) is 0 Å². The molecule has 0 fully saturated rings. The number of allylic oxidation sites excluding steroid dienone is 1. The molecule has 0 aliphatic rings. The zero-order valence-corrected chi connectivity index (χ0v) is 42.3. The van der Waals surface area contributed by atoms with Crippen molar-refractivity contribution in [2.45, 2.75) is 276 Å². The zero-order chi connectivity index (χ0) is 45.0. The minimum Gasteiger partial charge on any atom is -0.387 e. The molecule has 0 aromatic rings. The second-order valence-electron chi connectivity index (χ2n) is 19.6. The van der Waals surface area contributed by atoms with Crippen molar-refractivity contribution in [1.29, 1.82) is 0 Å². The lowest BCUT2D eigenvalue weighted by Gasteiger charge is -2.25. The maximum Gasteiger partial charge on any atom is 0.472 e. The van der Waals surface area contributed by atoms with Gasteiger partial charge < -0.3 is 19.8 Å². The van der Waals surface area contributed by atoms with E-state index >= 15 is 0 Å². The Balaban J connectivity index is 4.13. The molecular weight excluding hydrogens is 780 g/mol. The predicted octanol–water partition coefficient (Wildman–Crippen LogP) is 15.5. The Morgan fingerprint density at radius 2 is 0.869 bits per heavy atom. The number of phosphoric acid groups is 1. The number of likely N-dealkylation sites (N-methyl/N-ethyl adjacent to an activating group) is 1. The van der Waals surface area contributed by atoms with Crippen LogP contribution in [-0.4, -0.2) is 73.4 Å². The molecule has 3 N–H and O–H groups in total. The van der Waals surface area contributed by atoms with Crippen molar-refractivity contribution < 1.29 is 32.9 Å². The topological polar surface area (TPSA) is 105 Å². The molecular formula is C52H106N2O6P+. The van der Waals surface area contributed by atoms with Gasteiger partial charge in [-0.05, 0) is 19.3 Å². The van der Waals surface area contributed by atoms with Crippen LogP contribution in [0.1, 0.15) is 264 Å². The summed E-state index contributed by atoms with van der Waals surface area (Å²) in [6, 6.07) is -0.840. The molecule has 8 nitrogen and oxygen atoms in total. The SMILES string of the molecule is CCCCCCCCCCCCCCCCCCCCCCCCCCC/C=C/C(O)C(COP(=O)(O)OCC[N+](C)(C)C)NC(=O)CCCCCCCCCCCCCC. The molecule has 61 heavy (non-hydrogen) atoms. The van der Waals surface area contributed by atoms with E-state index in [1.807, 2.05) is 27.2 Å². The van der Waals surface area contributed by atoms with Crippen molar-refractivity contribution >= 4 is 13.7 Å². The van der Waals surface area contributed by atoms with Gasteiger partial charge in [-0.25, -0.2) is 4.57 Å². The summed E-state index contributed by atoms with van der Waals surface area (Å²) in [6.07, 6.45) is 53.1. The molecule has 0 bridgehead atoms. The molecule has 0 aliphatic carbocycles. The quantitative estimate of drug-likeness (QED) is 0.0243. The van der Waals surface area contributed by atoms with Crippen LogP contribution in [-0.2, 0) is 18.4 Å². The Labute approximate surface area is 380 Å². The Hall–Kier alpha value is -0.760. The number of rotatable bonds is 49. The maximum atomic E-state index is 12.9. The zero-order valence-electron chi connectivity index (χ0n) is 41.4. The molecule has 0 aromatic heterocycles. The number of hydrogen-bond acceptors (Lipinski definition) is 5. The number of carbonyl (C=O) groups is 1. The van der Waals surface area contributed by atoms with Gasteiger partial charge in [0.2, 0.25) is 5.91 Å². The van der Waals surface area contributed by atoms with Crippen LogP contribution in [0.3, 0.4) is 0 Å². The van der Waals surface area contributed by atoms with E-state index in [1.165, 1.54) is 212 Å². The van der Waals surface area contributed by atoms with Gasteiger partial charge in [-0.1, -0.05) is 251 Å². The van der Waals surface area contributed by atoms with E-state index in [0.717, 1.165) is 32.1 Å². The van der Waals surface area contributed by atoms with Gasteiger partial charge in [0.1, 0.15) is 13.2 Å². The number of unbranched alkanes of at least 4 members (excludes halogenated alkanes) is 36. The number of phosphoric ester groups is 1. The molecule has 1 amide bonds. The fourth-order valence-corrected chi connectivity index (χ4v) is 8.78. The van der Waals surface area contributed by atoms with Crippen LogP contribution in [0.2, 0.25) is 0 Å². The number of nitrogens with zero attached hydrogens (tertiary/aromatic N) is 1. The number of hydrogen-bond donors (Lipinski definition) is 3. The van der Waals surface area contributed by atoms with Gasteiger partial charge in [-0.15, -0.1) is 0 Å². The molecule has 3 atom stereocenters.